The van der Waals surface area contributed by atoms with Crippen LogP contribution < -0.4 is 5.32 Å². The van der Waals surface area contributed by atoms with Gasteiger partial charge in [0.2, 0.25) is 0 Å². The molecule has 20 heavy (non-hydrogen) atoms. The fourth-order valence-corrected chi connectivity index (χ4v) is 4.16. The number of piperidine rings is 1. The van der Waals surface area contributed by atoms with Crippen molar-refractivity contribution < 1.29 is 0 Å². The first-order valence-corrected chi connectivity index (χ1v) is 8.81. The van der Waals surface area contributed by atoms with E-state index in [2.05, 4.69) is 45.0 Å². The fraction of sp³-hybridized carbons (Fsp3) is 1.00. The van der Waals surface area contributed by atoms with Crippen molar-refractivity contribution in [2.45, 2.75) is 65.8 Å². The lowest BCUT2D eigenvalue weighted by atomic mass is 9.73. The van der Waals surface area contributed by atoms with Crippen LogP contribution in [0.4, 0.5) is 0 Å². The number of likely N-dealkylation sites (tertiary alicyclic amines) is 1. The maximum absolute atomic E-state index is 3.59. The Balaban J connectivity index is 1.88. The summed E-state index contributed by atoms with van der Waals surface area (Å²) in [6, 6.07) is 0.750. The van der Waals surface area contributed by atoms with Gasteiger partial charge in [0, 0.05) is 12.6 Å². The highest BCUT2D eigenvalue weighted by atomic mass is 15.1. The summed E-state index contributed by atoms with van der Waals surface area (Å²) in [6.45, 7) is 13.6. The molecule has 1 aliphatic carbocycles. The molecule has 1 N–H and O–H groups in total. The van der Waals surface area contributed by atoms with Crippen LogP contribution in [0.15, 0.2) is 0 Å². The second kappa shape index (κ2) is 6.79. The molecule has 0 aromatic heterocycles. The molecule has 2 heteroatoms. The zero-order valence-electron chi connectivity index (χ0n) is 14.4. The Morgan fingerprint density at radius 3 is 2.35 bits per heavy atom. The van der Waals surface area contributed by atoms with Crippen LogP contribution in [-0.2, 0) is 0 Å². The molecule has 1 heterocycles. The van der Waals surface area contributed by atoms with E-state index < -0.39 is 0 Å². The molecule has 1 saturated heterocycles. The third kappa shape index (κ3) is 4.21. The van der Waals surface area contributed by atoms with Gasteiger partial charge in [0.05, 0.1) is 0 Å². The van der Waals surface area contributed by atoms with Crippen LogP contribution in [0.3, 0.4) is 0 Å². The van der Waals surface area contributed by atoms with Gasteiger partial charge in [0.1, 0.15) is 0 Å². The number of nitrogens with zero attached hydrogens (tertiary/aromatic N) is 1. The second-order valence-corrected chi connectivity index (χ2v) is 8.44. The molecular formula is C18H36N2. The molecule has 0 amide bonds. The summed E-state index contributed by atoms with van der Waals surface area (Å²) in [5.74, 6) is 2.67. The van der Waals surface area contributed by atoms with Crippen LogP contribution in [0.1, 0.15) is 59.8 Å². The standard InChI is InChI=1S/C18H36N2/c1-14(2)15-6-7-17(19-5)16(12-15)13-20-10-8-18(3,4)9-11-20/h14-17,19H,6-13H2,1-5H3. The lowest BCUT2D eigenvalue weighted by molar-refractivity contribution is 0.0814. The number of hydrogen-bond acceptors (Lipinski definition) is 2. The highest BCUT2D eigenvalue weighted by molar-refractivity contribution is 4.88. The van der Waals surface area contributed by atoms with Crippen molar-refractivity contribution in [3.05, 3.63) is 0 Å². The van der Waals surface area contributed by atoms with Gasteiger partial charge in [0.25, 0.3) is 0 Å². The van der Waals surface area contributed by atoms with Crippen molar-refractivity contribution in [3.8, 4) is 0 Å². The Bertz CT molecular complexity index is 288. The van der Waals surface area contributed by atoms with Crippen LogP contribution in [0.25, 0.3) is 0 Å². The van der Waals surface area contributed by atoms with Crippen LogP contribution in [0.5, 0.6) is 0 Å². The maximum Gasteiger partial charge on any atom is 0.0105 e. The van der Waals surface area contributed by atoms with Gasteiger partial charge >= 0.3 is 0 Å². The van der Waals surface area contributed by atoms with Gasteiger partial charge < -0.3 is 10.2 Å². The van der Waals surface area contributed by atoms with E-state index in [1.165, 1.54) is 51.7 Å². The molecule has 3 atom stereocenters. The minimum Gasteiger partial charge on any atom is -0.317 e. The molecule has 2 fully saturated rings. The minimum atomic E-state index is 0.575. The predicted molar refractivity (Wildman–Crippen MR) is 88.0 cm³/mol. The third-order valence-corrected chi connectivity index (χ3v) is 6.04. The number of nitrogens with one attached hydrogen (secondary N) is 1. The van der Waals surface area contributed by atoms with Crippen molar-refractivity contribution in [1.29, 1.82) is 0 Å². The third-order valence-electron chi connectivity index (χ3n) is 6.04. The van der Waals surface area contributed by atoms with Gasteiger partial charge in [-0.25, -0.2) is 0 Å². The Labute approximate surface area is 126 Å². The van der Waals surface area contributed by atoms with Crippen molar-refractivity contribution in [2.24, 2.45) is 23.2 Å². The van der Waals surface area contributed by atoms with Gasteiger partial charge in [-0.15, -0.1) is 0 Å². The summed E-state index contributed by atoms with van der Waals surface area (Å²) in [5, 5.41) is 3.59. The molecule has 2 nitrogen and oxygen atoms in total. The van der Waals surface area contributed by atoms with E-state index in [9.17, 15) is 0 Å². The highest BCUT2D eigenvalue weighted by Gasteiger charge is 2.33. The van der Waals surface area contributed by atoms with Gasteiger partial charge in [-0.05, 0) is 75.4 Å². The van der Waals surface area contributed by atoms with Crippen LogP contribution in [-0.4, -0.2) is 37.6 Å². The summed E-state index contributed by atoms with van der Waals surface area (Å²) in [6.07, 6.45) is 6.98. The number of rotatable bonds is 4. The molecule has 2 aliphatic rings. The van der Waals surface area contributed by atoms with Gasteiger partial charge in [-0.1, -0.05) is 27.7 Å². The van der Waals surface area contributed by atoms with Crippen molar-refractivity contribution >= 4 is 0 Å². The van der Waals surface area contributed by atoms with E-state index in [4.69, 9.17) is 0 Å². The van der Waals surface area contributed by atoms with E-state index in [-0.39, 0.29) is 0 Å². The first-order valence-electron chi connectivity index (χ1n) is 8.81. The largest absolute Gasteiger partial charge is 0.317 e. The molecule has 0 aromatic rings. The van der Waals surface area contributed by atoms with Gasteiger partial charge in [-0.2, -0.15) is 0 Å². The minimum absolute atomic E-state index is 0.575. The average Bonchev–Trinajstić information content (AvgIpc) is 2.41. The molecule has 0 spiro atoms. The van der Waals surface area contributed by atoms with E-state index in [0.29, 0.717) is 5.41 Å². The number of hydrogen-bond donors (Lipinski definition) is 1. The SMILES string of the molecule is CNC1CCC(C(C)C)CC1CN1CCC(C)(C)CC1. The summed E-state index contributed by atoms with van der Waals surface area (Å²) in [5.41, 5.74) is 0.575. The topological polar surface area (TPSA) is 15.3 Å². The molecule has 2 rings (SSSR count). The summed E-state index contributed by atoms with van der Waals surface area (Å²) in [4.78, 5) is 2.74. The van der Waals surface area contributed by atoms with Crippen molar-refractivity contribution in [2.75, 3.05) is 26.7 Å². The average molecular weight is 280 g/mol. The quantitative estimate of drug-likeness (QED) is 0.843. The Morgan fingerprint density at radius 1 is 1.15 bits per heavy atom. The normalized spacial score (nSPS) is 35.4. The van der Waals surface area contributed by atoms with Gasteiger partial charge in [0.15, 0.2) is 0 Å². The molecule has 118 valence electrons. The van der Waals surface area contributed by atoms with Crippen LogP contribution >= 0.6 is 0 Å². The smallest absolute Gasteiger partial charge is 0.0105 e. The lowest BCUT2D eigenvalue weighted by Gasteiger charge is -2.43. The van der Waals surface area contributed by atoms with E-state index in [1.54, 1.807) is 0 Å². The van der Waals surface area contributed by atoms with Crippen LogP contribution in [0, 0.1) is 23.2 Å². The summed E-state index contributed by atoms with van der Waals surface area (Å²) >= 11 is 0. The van der Waals surface area contributed by atoms with Gasteiger partial charge in [-0.3, -0.25) is 0 Å². The Morgan fingerprint density at radius 2 is 1.80 bits per heavy atom. The fourth-order valence-electron chi connectivity index (χ4n) is 4.16. The van der Waals surface area contributed by atoms with Crippen molar-refractivity contribution in [1.82, 2.24) is 10.2 Å². The Hall–Kier alpha value is -0.0800. The first-order chi connectivity index (χ1) is 9.41. The molecule has 0 radical (unpaired) electrons. The zero-order valence-corrected chi connectivity index (χ0v) is 14.4. The molecule has 1 saturated carbocycles. The second-order valence-electron chi connectivity index (χ2n) is 8.44. The molecular weight excluding hydrogens is 244 g/mol. The molecule has 3 unspecified atom stereocenters. The summed E-state index contributed by atoms with van der Waals surface area (Å²) < 4.78 is 0. The van der Waals surface area contributed by atoms with E-state index in [1.807, 2.05) is 0 Å². The van der Waals surface area contributed by atoms with Crippen LogP contribution in [0.2, 0.25) is 0 Å². The van der Waals surface area contributed by atoms with E-state index in [0.717, 1.165) is 23.8 Å². The van der Waals surface area contributed by atoms with E-state index >= 15 is 0 Å². The highest BCUT2D eigenvalue weighted by Crippen LogP contribution is 2.36. The zero-order chi connectivity index (χ0) is 14.8. The molecule has 0 aromatic carbocycles. The predicted octanol–water partition coefficient (Wildman–Crippen LogP) is 3.77. The summed E-state index contributed by atoms with van der Waals surface area (Å²) in [7, 11) is 2.16. The van der Waals surface area contributed by atoms with Crippen molar-refractivity contribution in [3.63, 3.8) is 0 Å². The maximum atomic E-state index is 3.59. The Kier molecular flexibility index (Phi) is 5.53. The molecule has 0 bridgehead atoms. The lowest BCUT2D eigenvalue weighted by Crippen LogP contribution is -2.47. The first kappa shape index (κ1) is 16.3. The monoisotopic (exact) mass is 280 g/mol. The molecule has 1 aliphatic heterocycles.